The van der Waals surface area contributed by atoms with E-state index in [0.717, 1.165) is 22.8 Å². The van der Waals surface area contributed by atoms with Gasteiger partial charge in [-0.2, -0.15) is 0 Å². The number of para-hydroxylation sites is 1. The van der Waals surface area contributed by atoms with E-state index in [0.29, 0.717) is 17.2 Å². The minimum atomic E-state index is -0.401. The van der Waals surface area contributed by atoms with E-state index in [4.69, 9.17) is 17.0 Å². The number of hydrogen-bond donors (Lipinski definition) is 2. The van der Waals surface area contributed by atoms with E-state index in [1.807, 2.05) is 88.5 Å². The van der Waals surface area contributed by atoms with Crippen LogP contribution in [0.3, 0.4) is 0 Å². The lowest BCUT2D eigenvalue weighted by Gasteiger charge is -2.29. The molecule has 2 N–H and O–H groups in total. The summed E-state index contributed by atoms with van der Waals surface area (Å²) in [4.78, 5) is 31.6. The molecule has 38 heavy (non-hydrogen) atoms. The molecule has 2 aromatic heterocycles. The zero-order valence-electron chi connectivity index (χ0n) is 20.8. The number of rotatable bonds is 8. The molecule has 1 amide bonds. The summed E-state index contributed by atoms with van der Waals surface area (Å²) in [5.74, 6) is -0.498. The highest BCUT2D eigenvalue weighted by atomic mass is 32.1. The highest BCUT2D eigenvalue weighted by Gasteiger charge is 2.41. The Kier molecular flexibility index (Phi) is 7.46. The first-order valence-corrected chi connectivity index (χ1v) is 12.6. The van der Waals surface area contributed by atoms with E-state index in [1.165, 1.54) is 7.11 Å². The zero-order chi connectivity index (χ0) is 26.5. The first kappa shape index (κ1) is 25.2. The van der Waals surface area contributed by atoms with E-state index < -0.39 is 5.97 Å². The zero-order valence-corrected chi connectivity index (χ0v) is 21.6. The van der Waals surface area contributed by atoms with Crippen LogP contribution >= 0.6 is 12.2 Å². The monoisotopic (exact) mass is 525 g/mol. The number of pyridine rings is 1. The van der Waals surface area contributed by atoms with Crippen molar-refractivity contribution in [1.82, 2.24) is 19.8 Å². The molecule has 3 heterocycles. The Morgan fingerprint density at radius 3 is 2.61 bits per heavy atom. The second-order valence-electron chi connectivity index (χ2n) is 8.83. The molecular formula is C29H27N5O3S. The van der Waals surface area contributed by atoms with Gasteiger partial charge in [0.05, 0.1) is 30.5 Å². The summed E-state index contributed by atoms with van der Waals surface area (Å²) in [7, 11) is 1.37. The standard InChI is InChI=1S/C29H27N5O3S/c1-37-28(36)20-9-7-12-22(19-20)33-17-8-14-24(33)27-26(23-13-5-6-16-30-23)32-29(38)34(27)18-15-25(35)31-21-10-3-2-4-11-21/h2-14,16-17,19,26-27H,15,18H2,1H3,(H,31,35)(H,32,38)/t26-,27-/m1/s1. The van der Waals surface area contributed by atoms with Gasteiger partial charge in [0.1, 0.15) is 0 Å². The number of carbonyl (C=O) groups excluding carboxylic acids is 2. The van der Waals surface area contributed by atoms with Crippen LogP contribution in [0.2, 0.25) is 0 Å². The number of amides is 1. The van der Waals surface area contributed by atoms with Crippen molar-refractivity contribution in [1.29, 1.82) is 0 Å². The van der Waals surface area contributed by atoms with Gasteiger partial charge in [-0.3, -0.25) is 9.78 Å². The number of methoxy groups -OCH3 is 1. The van der Waals surface area contributed by atoms with Crippen molar-refractivity contribution in [3.05, 3.63) is 114 Å². The van der Waals surface area contributed by atoms with Gasteiger partial charge < -0.3 is 24.8 Å². The van der Waals surface area contributed by atoms with Crippen LogP contribution in [0, 0.1) is 0 Å². The van der Waals surface area contributed by atoms with E-state index in [9.17, 15) is 9.59 Å². The molecule has 0 spiro atoms. The largest absolute Gasteiger partial charge is 0.465 e. The van der Waals surface area contributed by atoms with Crippen LogP contribution in [-0.2, 0) is 9.53 Å². The topological polar surface area (TPSA) is 88.5 Å². The minimum absolute atomic E-state index is 0.0970. The number of thiocarbonyl (C=S) groups is 1. The Labute approximate surface area is 226 Å². The van der Waals surface area contributed by atoms with Gasteiger partial charge in [-0.15, -0.1) is 0 Å². The average Bonchev–Trinajstić information content (AvgIpc) is 3.56. The molecule has 0 aliphatic carbocycles. The van der Waals surface area contributed by atoms with Crippen molar-refractivity contribution in [2.24, 2.45) is 0 Å². The molecule has 1 aliphatic rings. The van der Waals surface area contributed by atoms with Gasteiger partial charge in [-0.25, -0.2) is 4.79 Å². The lowest BCUT2D eigenvalue weighted by molar-refractivity contribution is -0.116. The summed E-state index contributed by atoms with van der Waals surface area (Å²) in [6, 6.07) is 25.9. The quantitative estimate of drug-likeness (QED) is 0.256. The van der Waals surface area contributed by atoms with Gasteiger partial charge >= 0.3 is 5.97 Å². The molecule has 0 bridgehead atoms. The first-order chi connectivity index (χ1) is 18.5. The molecular weight excluding hydrogens is 498 g/mol. The first-order valence-electron chi connectivity index (χ1n) is 12.2. The van der Waals surface area contributed by atoms with E-state index in [-0.39, 0.29) is 24.4 Å². The molecule has 0 radical (unpaired) electrons. The third-order valence-corrected chi connectivity index (χ3v) is 6.82. The van der Waals surface area contributed by atoms with Crippen LogP contribution in [0.15, 0.2) is 97.3 Å². The molecule has 2 atom stereocenters. The number of benzene rings is 2. The number of ether oxygens (including phenoxy) is 1. The number of nitrogens with one attached hydrogen (secondary N) is 2. The average molecular weight is 526 g/mol. The predicted molar refractivity (Wildman–Crippen MR) is 149 cm³/mol. The van der Waals surface area contributed by atoms with E-state index in [1.54, 1.807) is 18.3 Å². The maximum absolute atomic E-state index is 12.8. The van der Waals surface area contributed by atoms with E-state index >= 15 is 0 Å². The van der Waals surface area contributed by atoms with Crippen LogP contribution in [0.25, 0.3) is 5.69 Å². The molecule has 1 saturated heterocycles. The van der Waals surface area contributed by atoms with Crippen LogP contribution in [0.5, 0.6) is 0 Å². The van der Waals surface area contributed by atoms with Crippen molar-refractivity contribution < 1.29 is 14.3 Å². The van der Waals surface area contributed by atoms with Gasteiger partial charge in [0.25, 0.3) is 0 Å². The Balaban J connectivity index is 1.47. The second-order valence-corrected chi connectivity index (χ2v) is 9.22. The number of aromatic nitrogens is 2. The van der Waals surface area contributed by atoms with Crippen LogP contribution < -0.4 is 10.6 Å². The summed E-state index contributed by atoms with van der Waals surface area (Å²) < 4.78 is 6.94. The molecule has 5 rings (SSSR count). The highest BCUT2D eigenvalue weighted by molar-refractivity contribution is 7.80. The summed E-state index contributed by atoms with van der Waals surface area (Å²) >= 11 is 5.77. The number of esters is 1. The number of anilines is 1. The molecule has 0 unspecified atom stereocenters. The van der Waals surface area contributed by atoms with Gasteiger partial charge in [-0.1, -0.05) is 30.3 Å². The fraction of sp³-hybridized carbons (Fsp3) is 0.172. The Morgan fingerprint density at radius 1 is 1.03 bits per heavy atom. The Bertz CT molecular complexity index is 1440. The van der Waals surface area contributed by atoms with Gasteiger partial charge in [0.15, 0.2) is 5.11 Å². The van der Waals surface area contributed by atoms with E-state index in [2.05, 4.69) is 15.6 Å². The molecule has 1 aliphatic heterocycles. The summed E-state index contributed by atoms with van der Waals surface area (Å²) in [6.45, 7) is 0.409. The fourth-order valence-electron chi connectivity index (χ4n) is 4.71. The molecule has 1 fully saturated rings. The molecule has 192 valence electrons. The van der Waals surface area contributed by atoms with Crippen LogP contribution in [-0.4, -0.2) is 45.1 Å². The predicted octanol–water partition coefficient (Wildman–Crippen LogP) is 4.66. The molecule has 0 saturated carbocycles. The summed E-state index contributed by atoms with van der Waals surface area (Å²) in [6.07, 6.45) is 3.95. The lowest BCUT2D eigenvalue weighted by Crippen LogP contribution is -2.33. The summed E-state index contributed by atoms with van der Waals surface area (Å²) in [5.41, 5.74) is 3.81. The molecule has 2 aromatic carbocycles. The fourth-order valence-corrected chi connectivity index (χ4v) is 5.04. The number of nitrogens with zero attached hydrogens (tertiary/aromatic N) is 3. The highest BCUT2D eigenvalue weighted by Crippen LogP contribution is 2.39. The smallest absolute Gasteiger partial charge is 0.337 e. The van der Waals surface area contributed by atoms with Gasteiger partial charge in [0.2, 0.25) is 5.91 Å². The third kappa shape index (κ3) is 5.28. The Hall–Kier alpha value is -4.50. The third-order valence-electron chi connectivity index (χ3n) is 6.46. The summed E-state index contributed by atoms with van der Waals surface area (Å²) in [5, 5.41) is 6.92. The number of hydrogen-bond acceptors (Lipinski definition) is 5. The molecule has 9 heteroatoms. The molecule has 4 aromatic rings. The van der Waals surface area contributed by atoms with Crippen LogP contribution in [0.1, 0.15) is 40.3 Å². The Morgan fingerprint density at radius 2 is 1.84 bits per heavy atom. The lowest BCUT2D eigenvalue weighted by atomic mass is 10.0. The van der Waals surface area contributed by atoms with Gasteiger partial charge in [0, 0.05) is 42.4 Å². The normalized spacial score (nSPS) is 16.7. The van der Waals surface area contributed by atoms with Crippen LogP contribution in [0.4, 0.5) is 5.69 Å². The van der Waals surface area contributed by atoms with Crippen molar-refractivity contribution in [2.45, 2.75) is 18.5 Å². The maximum Gasteiger partial charge on any atom is 0.337 e. The van der Waals surface area contributed by atoms with Crippen molar-refractivity contribution in [2.75, 3.05) is 19.0 Å². The minimum Gasteiger partial charge on any atom is -0.465 e. The SMILES string of the molecule is COC(=O)c1cccc(-n2cccc2[C@@H]2[C@@H](c3ccccn3)NC(=S)N2CCC(=O)Nc2ccccc2)c1. The number of carbonyl (C=O) groups is 2. The van der Waals surface area contributed by atoms with Crippen molar-refractivity contribution in [3.8, 4) is 5.69 Å². The molecule has 8 nitrogen and oxygen atoms in total. The maximum atomic E-state index is 12.8. The van der Waals surface area contributed by atoms with Crippen molar-refractivity contribution >= 4 is 34.9 Å². The van der Waals surface area contributed by atoms with Gasteiger partial charge in [-0.05, 0) is 66.8 Å². The second kappa shape index (κ2) is 11.3. The van der Waals surface area contributed by atoms with Crippen molar-refractivity contribution in [3.63, 3.8) is 0 Å².